The van der Waals surface area contributed by atoms with Crippen LogP contribution in [0.25, 0.3) is 0 Å². The van der Waals surface area contributed by atoms with Crippen molar-refractivity contribution >= 4 is 17.7 Å². The van der Waals surface area contributed by atoms with Gasteiger partial charge >= 0.3 is 0 Å². The molecule has 1 rings (SSSR count). The minimum atomic E-state index is -0.612. The van der Waals surface area contributed by atoms with E-state index < -0.39 is 5.54 Å². The SMILES string of the molecule is CC(C)NC(C)(CCCSCc1ccco1)C(N)=O. The molecule has 0 aliphatic rings. The first-order valence-electron chi connectivity index (χ1n) is 6.62. The Morgan fingerprint density at radius 1 is 1.58 bits per heavy atom. The second kappa shape index (κ2) is 7.60. The maximum absolute atomic E-state index is 11.5. The normalized spacial score (nSPS) is 14.5. The summed E-state index contributed by atoms with van der Waals surface area (Å²) in [5.74, 6) is 2.57. The van der Waals surface area contributed by atoms with Crippen LogP contribution in [-0.4, -0.2) is 23.2 Å². The van der Waals surface area contributed by atoms with E-state index in [0.29, 0.717) is 0 Å². The highest BCUT2D eigenvalue weighted by atomic mass is 32.2. The van der Waals surface area contributed by atoms with Crippen LogP contribution in [0.15, 0.2) is 22.8 Å². The third-order valence-electron chi connectivity index (χ3n) is 2.94. The fourth-order valence-corrected chi connectivity index (χ4v) is 2.86. The molecule has 1 amide bonds. The molecule has 3 N–H and O–H groups in total. The summed E-state index contributed by atoms with van der Waals surface area (Å²) in [7, 11) is 0. The van der Waals surface area contributed by atoms with Gasteiger partial charge in [-0.25, -0.2) is 0 Å². The van der Waals surface area contributed by atoms with Crippen molar-refractivity contribution in [3.05, 3.63) is 24.2 Å². The molecule has 0 saturated carbocycles. The van der Waals surface area contributed by atoms with E-state index in [1.54, 1.807) is 6.26 Å². The molecule has 1 unspecified atom stereocenters. The Kier molecular flexibility index (Phi) is 6.45. The summed E-state index contributed by atoms with van der Waals surface area (Å²) in [6, 6.07) is 4.11. The Hall–Kier alpha value is -0.940. The Balaban J connectivity index is 2.26. The van der Waals surface area contributed by atoms with Crippen LogP contribution in [0.1, 0.15) is 39.4 Å². The Morgan fingerprint density at radius 3 is 2.84 bits per heavy atom. The maximum atomic E-state index is 11.5. The molecule has 108 valence electrons. The summed E-state index contributed by atoms with van der Waals surface area (Å²) in [4.78, 5) is 11.5. The molecule has 1 aromatic rings. The van der Waals surface area contributed by atoms with Crippen LogP contribution in [0.2, 0.25) is 0 Å². The van der Waals surface area contributed by atoms with Crippen LogP contribution in [0.5, 0.6) is 0 Å². The lowest BCUT2D eigenvalue weighted by atomic mass is 9.94. The Morgan fingerprint density at radius 2 is 2.32 bits per heavy atom. The predicted octanol–water partition coefficient (Wildman–Crippen LogP) is 2.53. The zero-order chi connectivity index (χ0) is 14.3. The smallest absolute Gasteiger partial charge is 0.237 e. The molecule has 0 radical (unpaired) electrons. The number of furan rings is 1. The molecular weight excluding hydrogens is 260 g/mol. The van der Waals surface area contributed by atoms with E-state index in [0.717, 1.165) is 30.1 Å². The van der Waals surface area contributed by atoms with E-state index in [9.17, 15) is 4.79 Å². The molecule has 4 nitrogen and oxygen atoms in total. The first-order valence-corrected chi connectivity index (χ1v) is 7.77. The number of carbonyl (C=O) groups is 1. The minimum absolute atomic E-state index is 0.244. The highest BCUT2D eigenvalue weighted by Crippen LogP contribution is 2.18. The van der Waals surface area contributed by atoms with Gasteiger partial charge < -0.3 is 15.5 Å². The lowest BCUT2D eigenvalue weighted by Crippen LogP contribution is -2.55. The number of rotatable bonds is 9. The lowest BCUT2D eigenvalue weighted by molar-refractivity contribution is -0.124. The summed E-state index contributed by atoms with van der Waals surface area (Å²) in [6.45, 7) is 5.92. The Bertz CT molecular complexity index is 379. The van der Waals surface area contributed by atoms with Gasteiger partial charge in [0.05, 0.1) is 17.6 Å². The molecule has 0 saturated heterocycles. The molecule has 1 heterocycles. The van der Waals surface area contributed by atoms with Crippen molar-refractivity contribution in [2.24, 2.45) is 5.73 Å². The first kappa shape index (κ1) is 16.1. The van der Waals surface area contributed by atoms with Crippen LogP contribution in [0.4, 0.5) is 0 Å². The van der Waals surface area contributed by atoms with E-state index in [1.807, 2.05) is 44.7 Å². The van der Waals surface area contributed by atoms with E-state index in [4.69, 9.17) is 10.2 Å². The summed E-state index contributed by atoms with van der Waals surface area (Å²) in [6.07, 6.45) is 3.39. The van der Waals surface area contributed by atoms with Gasteiger partial charge in [-0.3, -0.25) is 4.79 Å². The number of amides is 1. The standard InChI is InChI=1S/C14H24N2O2S/c1-11(2)16-14(3,13(15)17)7-5-9-19-10-12-6-4-8-18-12/h4,6,8,11,16H,5,7,9-10H2,1-3H3,(H2,15,17). The summed E-state index contributed by atoms with van der Waals surface area (Å²) >= 11 is 1.81. The van der Waals surface area contributed by atoms with Crippen LogP contribution >= 0.6 is 11.8 Å². The molecule has 0 fully saturated rings. The first-order chi connectivity index (χ1) is 8.94. The number of hydrogen-bond acceptors (Lipinski definition) is 4. The van der Waals surface area contributed by atoms with E-state index in [1.165, 1.54) is 0 Å². The number of nitrogens with two attached hydrogens (primary N) is 1. The van der Waals surface area contributed by atoms with Crippen molar-refractivity contribution in [1.82, 2.24) is 5.32 Å². The largest absolute Gasteiger partial charge is 0.468 e. The zero-order valence-corrected chi connectivity index (χ0v) is 12.8. The van der Waals surface area contributed by atoms with Gasteiger partial charge in [-0.2, -0.15) is 11.8 Å². The molecule has 0 bridgehead atoms. The molecule has 19 heavy (non-hydrogen) atoms. The molecule has 5 heteroatoms. The van der Waals surface area contributed by atoms with E-state index in [2.05, 4.69) is 5.32 Å². The van der Waals surface area contributed by atoms with Gasteiger partial charge in [0.25, 0.3) is 0 Å². The van der Waals surface area contributed by atoms with Gasteiger partial charge in [-0.15, -0.1) is 0 Å². The van der Waals surface area contributed by atoms with Crippen molar-refractivity contribution in [3.8, 4) is 0 Å². The molecular formula is C14H24N2O2S. The third-order valence-corrected chi connectivity index (χ3v) is 4.01. The highest BCUT2D eigenvalue weighted by Gasteiger charge is 2.30. The van der Waals surface area contributed by atoms with Crippen molar-refractivity contribution in [2.75, 3.05) is 5.75 Å². The number of carbonyl (C=O) groups excluding carboxylic acids is 1. The molecule has 0 spiro atoms. The fraction of sp³-hybridized carbons (Fsp3) is 0.643. The quantitative estimate of drug-likeness (QED) is 0.684. The van der Waals surface area contributed by atoms with Gasteiger partial charge in [0.2, 0.25) is 5.91 Å². The molecule has 1 aromatic heterocycles. The maximum Gasteiger partial charge on any atom is 0.237 e. The van der Waals surface area contributed by atoms with Gasteiger partial charge in [-0.1, -0.05) is 0 Å². The Labute approximate surface area is 119 Å². The number of nitrogens with one attached hydrogen (secondary N) is 1. The summed E-state index contributed by atoms with van der Waals surface area (Å²) in [5, 5.41) is 3.26. The van der Waals surface area contributed by atoms with Gasteiger partial charge in [-0.05, 0) is 51.5 Å². The average Bonchev–Trinajstić information content (AvgIpc) is 2.80. The second-order valence-electron chi connectivity index (χ2n) is 5.23. The van der Waals surface area contributed by atoms with Gasteiger partial charge in [0.1, 0.15) is 5.76 Å². The van der Waals surface area contributed by atoms with Gasteiger partial charge in [0, 0.05) is 6.04 Å². The van der Waals surface area contributed by atoms with E-state index in [-0.39, 0.29) is 11.9 Å². The van der Waals surface area contributed by atoms with Crippen molar-refractivity contribution in [1.29, 1.82) is 0 Å². The molecule has 1 atom stereocenters. The van der Waals surface area contributed by atoms with Crippen molar-refractivity contribution < 1.29 is 9.21 Å². The number of thioether (sulfide) groups is 1. The topological polar surface area (TPSA) is 68.3 Å². The zero-order valence-electron chi connectivity index (χ0n) is 11.9. The van der Waals surface area contributed by atoms with Crippen LogP contribution in [0, 0.1) is 0 Å². The highest BCUT2D eigenvalue weighted by molar-refractivity contribution is 7.98. The van der Waals surface area contributed by atoms with Crippen molar-refractivity contribution in [2.45, 2.75) is 50.9 Å². The third kappa shape index (κ3) is 5.70. The monoisotopic (exact) mass is 284 g/mol. The number of hydrogen-bond donors (Lipinski definition) is 2. The average molecular weight is 284 g/mol. The fourth-order valence-electron chi connectivity index (χ4n) is 2.00. The predicted molar refractivity (Wildman–Crippen MR) is 80.0 cm³/mol. The lowest BCUT2D eigenvalue weighted by Gasteiger charge is -2.29. The molecule has 0 aromatic carbocycles. The number of primary amides is 1. The van der Waals surface area contributed by atoms with Crippen LogP contribution in [0.3, 0.4) is 0 Å². The molecule has 0 aliphatic carbocycles. The van der Waals surface area contributed by atoms with Gasteiger partial charge in [0.15, 0.2) is 0 Å². The van der Waals surface area contributed by atoms with Crippen molar-refractivity contribution in [3.63, 3.8) is 0 Å². The van der Waals surface area contributed by atoms with Crippen LogP contribution < -0.4 is 11.1 Å². The summed E-state index contributed by atoms with van der Waals surface area (Å²) < 4.78 is 5.26. The minimum Gasteiger partial charge on any atom is -0.468 e. The molecule has 0 aliphatic heterocycles. The second-order valence-corrected chi connectivity index (χ2v) is 6.34. The summed E-state index contributed by atoms with van der Waals surface area (Å²) in [5.41, 5.74) is 4.88. The van der Waals surface area contributed by atoms with E-state index >= 15 is 0 Å². The van der Waals surface area contributed by atoms with Crippen LogP contribution in [-0.2, 0) is 10.5 Å².